The second kappa shape index (κ2) is 6.87. The van der Waals surface area contributed by atoms with Crippen LogP contribution in [0, 0.1) is 0 Å². The zero-order valence-corrected chi connectivity index (χ0v) is 13.6. The van der Waals surface area contributed by atoms with Gasteiger partial charge >= 0.3 is 0 Å². The largest absolute Gasteiger partial charge is 0.340 e. The molecule has 2 rings (SSSR count). The van der Waals surface area contributed by atoms with Gasteiger partial charge in [0.1, 0.15) is 6.04 Å². The normalized spacial score (nSPS) is 12.4. The topological polar surface area (TPSA) is 46.3 Å². The van der Waals surface area contributed by atoms with E-state index in [1.54, 1.807) is 11.9 Å². The Balaban J connectivity index is 2.00. The fraction of sp³-hybridized carbons (Fsp3) is 0.353. The van der Waals surface area contributed by atoms with Gasteiger partial charge in [0.25, 0.3) is 0 Å². The molecule has 0 bridgehead atoms. The van der Waals surface area contributed by atoms with Gasteiger partial charge in [0, 0.05) is 18.5 Å². The molecule has 0 spiro atoms. The highest BCUT2D eigenvalue weighted by molar-refractivity contribution is 7.10. The van der Waals surface area contributed by atoms with Crippen LogP contribution in [0.2, 0.25) is 0 Å². The van der Waals surface area contributed by atoms with Gasteiger partial charge in [0.15, 0.2) is 0 Å². The highest BCUT2D eigenvalue weighted by Crippen LogP contribution is 2.20. The highest BCUT2D eigenvalue weighted by Gasteiger charge is 2.20. The summed E-state index contributed by atoms with van der Waals surface area (Å²) >= 11 is 1.52. The maximum absolute atomic E-state index is 12.3. The van der Waals surface area contributed by atoms with Crippen LogP contribution in [0.4, 0.5) is 0 Å². The van der Waals surface area contributed by atoms with Crippen LogP contribution >= 0.6 is 11.3 Å². The lowest BCUT2D eigenvalue weighted by atomic mass is 10.0. The molecule has 0 saturated carbocycles. The molecule has 2 aromatic rings. The van der Waals surface area contributed by atoms with Crippen molar-refractivity contribution in [3.05, 3.63) is 57.8 Å². The summed E-state index contributed by atoms with van der Waals surface area (Å²) in [6.45, 7) is 4.92. The average Bonchev–Trinajstić information content (AvgIpc) is 3.00. The third-order valence-corrected chi connectivity index (χ3v) is 4.51. The molecule has 2 N–H and O–H groups in total. The summed E-state index contributed by atoms with van der Waals surface area (Å²) in [5.74, 6) is 0.469. The number of carbonyl (C=O) groups is 1. The highest BCUT2D eigenvalue weighted by atomic mass is 32.1. The molecule has 4 heteroatoms. The van der Waals surface area contributed by atoms with E-state index < -0.39 is 6.04 Å². The summed E-state index contributed by atoms with van der Waals surface area (Å²) in [6, 6.07) is 11.7. The Labute approximate surface area is 130 Å². The van der Waals surface area contributed by atoms with E-state index in [-0.39, 0.29) is 5.91 Å². The number of thiophene rings is 1. The molecule has 0 saturated heterocycles. The van der Waals surface area contributed by atoms with Crippen LogP contribution in [0.15, 0.2) is 41.8 Å². The van der Waals surface area contributed by atoms with Gasteiger partial charge in [-0.2, -0.15) is 0 Å². The maximum atomic E-state index is 12.3. The van der Waals surface area contributed by atoms with Crippen LogP contribution in [-0.4, -0.2) is 17.9 Å². The summed E-state index contributed by atoms with van der Waals surface area (Å²) in [6.07, 6.45) is 0. The van der Waals surface area contributed by atoms with Crippen LogP contribution < -0.4 is 5.73 Å². The van der Waals surface area contributed by atoms with Crippen molar-refractivity contribution in [2.45, 2.75) is 32.4 Å². The Morgan fingerprint density at radius 1 is 1.24 bits per heavy atom. The molecule has 1 unspecified atom stereocenters. The van der Waals surface area contributed by atoms with Gasteiger partial charge in [0.05, 0.1) is 0 Å². The Morgan fingerprint density at radius 2 is 1.90 bits per heavy atom. The number of nitrogens with two attached hydrogens (primary N) is 1. The predicted octanol–water partition coefficient (Wildman–Crippen LogP) is 3.53. The second-order valence-electron chi connectivity index (χ2n) is 5.58. The molecule has 1 atom stereocenters. The Morgan fingerprint density at radius 3 is 2.43 bits per heavy atom. The van der Waals surface area contributed by atoms with E-state index in [1.807, 2.05) is 17.5 Å². The lowest BCUT2D eigenvalue weighted by molar-refractivity contribution is -0.131. The van der Waals surface area contributed by atoms with Gasteiger partial charge in [0.2, 0.25) is 5.91 Å². The summed E-state index contributed by atoms with van der Waals surface area (Å²) in [5, 5.41) is 1.94. The van der Waals surface area contributed by atoms with E-state index in [0.717, 1.165) is 10.4 Å². The van der Waals surface area contributed by atoms with Crippen LogP contribution in [0.5, 0.6) is 0 Å². The van der Waals surface area contributed by atoms with Crippen LogP contribution in [0.3, 0.4) is 0 Å². The number of nitrogens with zero attached hydrogens (tertiary/aromatic N) is 1. The summed E-state index contributed by atoms with van der Waals surface area (Å²) < 4.78 is 0. The minimum absolute atomic E-state index is 0.0506. The van der Waals surface area contributed by atoms with E-state index in [9.17, 15) is 4.79 Å². The van der Waals surface area contributed by atoms with E-state index in [2.05, 4.69) is 38.1 Å². The van der Waals surface area contributed by atoms with Crippen molar-refractivity contribution in [2.75, 3.05) is 7.05 Å². The van der Waals surface area contributed by atoms with Crippen molar-refractivity contribution < 1.29 is 4.79 Å². The van der Waals surface area contributed by atoms with E-state index in [0.29, 0.717) is 12.5 Å². The number of amides is 1. The predicted molar refractivity (Wildman–Crippen MR) is 88.3 cm³/mol. The first-order valence-electron chi connectivity index (χ1n) is 7.12. The number of carbonyl (C=O) groups excluding carboxylic acids is 1. The van der Waals surface area contributed by atoms with Gasteiger partial charge in [-0.25, -0.2) is 0 Å². The monoisotopic (exact) mass is 302 g/mol. The molecule has 0 aliphatic rings. The fourth-order valence-corrected chi connectivity index (χ4v) is 2.91. The number of benzene rings is 1. The first-order chi connectivity index (χ1) is 9.99. The standard InChI is InChI=1S/C17H22N2OS/c1-12(2)14-8-6-13(7-9-14)11-19(3)17(20)16(18)15-5-4-10-21-15/h4-10,12,16H,11,18H2,1-3H3. The molecule has 0 aliphatic heterocycles. The minimum atomic E-state index is -0.565. The molecular weight excluding hydrogens is 280 g/mol. The van der Waals surface area contributed by atoms with E-state index in [1.165, 1.54) is 16.9 Å². The zero-order valence-electron chi connectivity index (χ0n) is 12.7. The zero-order chi connectivity index (χ0) is 15.4. The van der Waals surface area contributed by atoms with Gasteiger partial charge in [-0.05, 0) is 28.5 Å². The summed E-state index contributed by atoms with van der Waals surface area (Å²) in [5.41, 5.74) is 8.45. The first-order valence-corrected chi connectivity index (χ1v) is 7.99. The molecule has 1 aromatic carbocycles. The Hall–Kier alpha value is -1.65. The minimum Gasteiger partial charge on any atom is -0.340 e. The second-order valence-corrected chi connectivity index (χ2v) is 6.56. The van der Waals surface area contributed by atoms with Gasteiger partial charge in [-0.15, -0.1) is 11.3 Å². The molecule has 1 aromatic heterocycles. The van der Waals surface area contributed by atoms with Gasteiger partial charge in [-0.3, -0.25) is 4.79 Å². The lowest BCUT2D eigenvalue weighted by Gasteiger charge is -2.21. The molecule has 3 nitrogen and oxygen atoms in total. The molecule has 1 heterocycles. The third kappa shape index (κ3) is 3.93. The SMILES string of the molecule is CC(C)c1ccc(CN(C)C(=O)C(N)c2cccs2)cc1. The van der Waals surface area contributed by atoms with Crippen molar-refractivity contribution in [3.63, 3.8) is 0 Å². The number of hydrogen-bond donors (Lipinski definition) is 1. The quantitative estimate of drug-likeness (QED) is 0.918. The molecule has 0 radical (unpaired) electrons. The number of hydrogen-bond acceptors (Lipinski definition) is 3. The van der Waals surface area contributed by atoms with Crippen molar-refractivity contribution >= 4 is 17.2 Å². The van der Waals surface area contributed by atoms with Crippen LogP contribution in [0.25, 0.3) is 0 Å². The van der Waals surface area contributed by atoms with Crippen molar-refractivity contribution in [3.8, 4) is 0 Å². The van der Waals surface area contributed by atoms with Crippen molar-refractivity contribution in [2.24, 2.45) is 5.73 Å². The average molecular weight is 302 g/mol. The summed E-state index contributed by atoms with van der Waals surface area (Å²) in [7, 11) is 1.80. The molecular formula is C17H22N2OS. The molecule has 112 valence electrons. The van der Waals surface area contributed by atoms with Crippen LogP contribution in [0.1, 0.15) is 41.8 Å². The van der Waals surface area contributed by atoms with Crippen molar-refractivity contribution in [1.29, 1.82) is 0 Å². The van der Waals surface area contributed by atoms with Crippen molar-refractivity contribution in [1.82, 2.24) is 4.90 Å². The fourth-order valence-electron chi connectivity index (χ4n) is 2.19. The molecule has 0 fully saturated rings. The Kier molecular flexibility index (Phi) is 5.15. The number of rotatable bonds is 5. The maximum Gasteiger partial charge on any atom is 0.244 e. The first kappa shape index (κ1) is 15.7. The third-order valence-electron chi connectivity index (χ3n) is 3.56. The number of likely N-dealkylation sites (N-methyl/N-ethyl adjacent to an activating group) is 1. The molecule has 21 heavy (non-hydrogen) atoms. The van der Waals surface area contributed by atoms with Gasteiger partial charge < -0.3 is 10.6 Å². The van der Waals surface area contributed by atoms with Gasteiger partial charge in [-0.1, -0.05) is 44.2 Å². The smallest absolute Gasteiger partial charge is 0.244 e. The Bertz CT molecular complexity index is 575. The molecule has 1 amide bonds. The lowest BCUT2D eigenvalue weighted by Crippen LogP contribution is -2.35. The molecule has 0 aliphatic carbocycles. The van der Waals surface area contributed by atoms with E-state index >= 15 is 0 Å². The van der Waals surface area contributed by atoms with E-state index in [4.69, 9.17) is 5.73 Å². The van der Waals surface area contributed by atoms with Crippen LogP contribution in [-0.2, 0) is 11.3 Å². The summed E-state index contributed by atoms with van der Waals surface area (Å²) in [4.78, 5) is 14.9.